The Kier molecular flexibility index (Phi) is 4.13. The zero-order valence-electron chi connectivity index (χ0n) is 13.4. The van der Waals surface area contributed by atoms with Crippen molar-refractivity contribution in [2.45, 2.75) is 39.7 Å². The molecule has 2 aliphatic heterocycles. The summed E-state index contributed by atoms with van der Waals surface area (Å²) in [5.41, 5.74) is 1.42. The summed E-state index contributed by atoms with van der Waals surface area (Å²) in [6, 6.07) is 2.33. The number of rotatable bonds is 2. The molecular formula is C16H26N4O. The van der Waals surface area contributed by atoms with Crippen molar-refractivity contribution >= 4 is 5.82 Å². The van der Waals surface area contributed by atoms with Crippen LogP contribution < -0.4 is 10.2 Å². The number of ether oxygens (including phenoxy) is 1. The number of hydrogen-bond acceptors (Lipinski definition) is 5. The van der Waals surface area contributed by atoms with Gasteiger partial charge in [0.2, 0.25) is 0 Å². The second-order valence-corrected chi connectivity index (χ2v) is 6.97. The third kappa shape index (κ3) is 3.52. The van der Waals surface area contributed by atoms with Gasteiger partial charge in [-0.2, -0.15) is 0 Å². The van der Waals surface area contributed by atoms with Crippen LogP contribution in [0.3, 0.4) is 0 Å². The molecule has 2 aliphatic rings. The highest BCUT2D eigenvalue weighted by Gasteiger charge is 2.28. The summed E-state index contributed by atoms with van der Waals surface area (Å²) in [4.78, 5) is 11.7. The minimum Gasteiger partial charge on any atom is -0.378 e. The van der Waals surface area contributed by atoms with Crippen molar-refractivity contribution in [2.24, 2.45) is 5.41 Å². The van der Waals surface area contributed by atoms with Gasteiger partial charge in [0, 0.05) is 25.7 Å². The van der Waals surface area contributed by atoms with Crippen molar-refractivity contribution in [2.75, 3.05) is 37.7 Å². The van der Waals surface area contributed by atoms with E-state index in [-0.39, 0.29) is 6.04 Å². The molecule has 1 N–H and O–H groups in total. The Morgan fingerprint density at radius 1 is 1.38 bits per heavy atom. The van der Waals surface area contributed by atoms with Crippen molar-refractivity contribution < 1.29 is 4.74 Å². The molecule has 1 aromatic heterocycles. The minimum absolute atomic E-state index is 0.192. The minimum atomic E-state index is 0.192. The average molecular weight is 290 g/mol. The lowest BCUT2D eigenvalue weighted by Gasteiger charge is -2.39. The van der Waals surface area contributed by atoms with Crippen LogP contribution in [-0.2, 0) is 4.74 Å². The maximum Gasteiger partial charge on any atom is 0.132 e. The Labute approximate surface area is 127 Å². The number of aryl methyl sites for hydroxylation is 1. The van der Waals surface area contributed by atoms with Gasteiger partial charge in [-0.3, -0.25) is 0 Å². The van der Waals surface area contributed by atoms with Gasteiger partial charge in [-0.05, 0) is 25.2 Å². The van der Waals surface area contributed by atoms with Crippen LogP contribution in [0.4, 0.5) is 5.82 Å². The van der Waals surface area contributed by atoms with Crippen LogP contribution in [0.15, 0.2) is 6.07 Å². The highest BCUT2D eigenvalue weighted by Crippen LogP contribution is 2.31. The molecule has 21 heavy (non-hydrogen) atoms. The zero-order valence-corrected chi connectivity index (χ0v) is 13.4. The molecule has 1 unspecified atom stereocenters. The van der Waals surface area contributed by atoms with E-state index in [0.717, 1.165) is 43.6 Å². The van der Waals surface area contributed by atoms with Gasteiger partial charge >= 0.3 is 0 Å². The highest BCUT2D eigenvalue weighted by atomic mass is 16.5. The van der Waals surface area contributed by atoms with Crippen LogP contribution >= 0.6 is 0 Å². The molecule has 5 nitrogen and oxygen atoms in total. The first-order valence-corrected chi connectivity index (χ1v) is 7.95. The summed E-state index contributed by atoms with van der Waals surface area (Å²) in [6.45, 7) is 11.2. The van der Waals surface area contributed by atoms with Gasteiger partial charge in [0.25, 0.3) is 0 Å². The molecular weight excluding hydrogens is 264 g/mol. The van der Waals surface area contributed by atoms with E-state index in [4.69, 9.17) is 4.74 Å². The quantitative estimate of drug-likeness (QED) is 0.903. The Balaban J connectivity index is 1.83. The molecule has 5 heteroatoms. The number of aromatic nitrogens is 2. The number of nitrogens with one attached hydrogen (secondary N) is 1. The summed E-state index contributed by atoms with van der Waals surface area (Å²) in [6.07, 6.45) is 2.52. The predicted molar refractivity (Wildman–Crippen MR) is 83.6 cm³/mol. The molecule has 3 rings (SSSR count). The molecule has 1 aromatic rings. The second kappa shape index (κ2) is 5.89. The smallest absolute Gasteiger partial charge is 0.132 e. The van der Waals surface area contributed by atoms with Crippen LogP contribution in [0.5, 0.6) is 0 Å². The largest absolute Gasteiger partial charge is 0.378 e. The summed E-state index contributed by atoms with van der Waals surface area (Å²) < 4.78 is 5.56. The van der Waals surface area contributed by atoms with Crippen LogP contribution in [0.25, 0.3) is 0 Å². The van der Waals surface area contributed by atoms with Crippen molar-refractivity contribution in [3.05, 3.63) is 17.6 Å². The van der Waals surface area contributed by atoms with E-state index in [1.807, 2.05) is 6.92 Å². The topological polar surface area (TPSA) is 50.3 Å². The van der Waals surface area contributed by atoms with Gasteiger partial charge in [0.05, 0.1) is 24.9 Å². The monoisotopic (exact) mass is 290 g/mol. The van der Waals surface area contributed by atoms with Gasteiger partial charge in [-0.25, -0.2) is 9.97 Å². The fraction of sp³-hybridized carbons (Fsp3) is 0.750. The Bertz CT molecular complexity index is 497. The van der Waals surface area contributed by atoms with Gasteiger partial charge in [-0.1, -0.05) is 13.8 Å². The normalized spacial score (nSPS) is 25.9. The standard InChI is InChI=1S/C16H26N4O/c1-12-18-13(14-10-21-8-6-17-14)9-15(19-12)20-7-4-5-16(2,3)11-20/h9,14,17H,4-8,10-11H2,1-3H3. The average Bonchev–Trinajstić information content (AvgIpc) is 2.46. The molecule has 0 amide bonds. The van der Waals surface area contributed by atoms with Gasteiger partial charge < -0.3 is 15.0 Å². The van der Waals surface area contributed by atoms with E-state index in [2.05, 4.69) is 40.1 Å². The first kappa shape index (κ1) is 14.7. The van der Waals surface area contributed by atoms with Crippen molar-refractivity contribution in [3.63, 3.8) is 0 Å². The molecule has 0 aromatic carbocycles. The molecule has 0 aliphatic carbocycles. The fourth-order valence-electron chi connectivity index (χ4n) is 3.29. The molecule has 0 saturated carbocycles. The predicted octanol–water partition coefficient (Wildman–Crippen LogP) is 2.07. The molecule has 2 fully saturated rings. The molecule has 116 valence electrons. The number of piperidine rings is 1. The third-order valence-electron chi connectivity index (χ3n) is 4.35. The SMILES string of the molecule is Cc1nc(C2COCCN2)cc(N2CCCC(C)(C)C2)n1. The van der Waals surface area contributed by atoms with E-state index in [0.29, 0.717) is 12.0 Å². The maximum atomic E-state index is 5.56. The Morgan fingerprint density at radius 2 is 2.24 bits per heavy atom. The molecule has 0 radical (unpaired) electrons. The van der Waals surface area contributed by atoms with Crippen LogP contribution in [0.2, 0.25) is 0 Å². The summed E-state index contributed by atoms with van der Waals surface area (Å²) in [5.74, 6) is 1.91. The van der Waals surface area contributed by atoms with E-state index in [1.54, 1.807) is 0 Å². The van der Waals surface area contributed by atoms with Crippen LogP contribution in [0.1, 0.15) is 44.2 Å². The lowest BCUT2D eigenvalue weighted by molar-refractivity contribution is 0.0755. The van der Waals surface area contributed by atoms with E-state index >= 15 is 0 Å². The van der Waals surface area contributed by atoms with Crippen LogP contribution in [-0.4, -0.2) is 42.8 Å². The van der Waals surface area contributed by atoms with Gasteiger partial charge in [0.1, 0.15) is 11.6 Å². The lowest BCUT2D eigenvalue weighted by Crippen LogP contribution is -2.41. The number of nitrogens with zero attached hydrogens (tertiary/aromatic N) is 3. The molecule has 0 bridgehead atoms. The van der Waals surface area contributed by atoms with Crippen molar-refractivity contribution in [3.8, 4) is 0 Å². The molecule has 0 spiro atoms. The van der Waals surface area contributed by atoms with E-state index < -0.39 is 0 Å². The first-order chi connectivity index (χ1) is 10.0. The van der Waals surface area contributed by atoms with Crippen LogP contribution in [0, 0.1) is 12.3 Å². The Morgan fingerprint density at radius 3 is 2.95 bits per heavy atom. The number of hydrogen-bond donors (Lipinski definition) is 1. The van der Waals surface area contributed by atoms with Gasteiger partial charge in [0.15, 0.2) is 0 Å². The third-order valence-corrected chi connectivity index (χ3v) is 4.35. The number of anilines is 1. The molecule has 3 heterocycles. The maximum absolute atomic E-state index is 5.56. The fourth-order valence-corrected chi connectivity index (χ4v) is 3.29. The van der Waals surface area contributed by atoms with Crippen molar-refractivity contribution in [1.82, 2.24) is 15.3 Å². The molecule has 1 atom stereocenters. The van der Waals surface area contributed by atoms with E-state index in [9.17, 15) is 0 Å². The molecule has 2 saturated heterocycles. The first-order valence-electron chi connectivity index (χ1n) is 7.95. The lowest BCUT2D eigenvalue weighted by atomic mass is 9.84. The summed E-state index contributed by atoms with van der Waals surface area (Å²) >= 11 is 0. The van der Waals surface area contributed by atoms with Crippen molar-refractivity contribution in [1.29, 1.82) is 0 Å². The van der Waals surface area contributed by atoms with E-state index in [1.165, 1.54) is 12.8 Å². The Hall–Kier alpha value is -1.20. The second-order valence-electron chi connectivity index (χ2n) is 6.97. The summed E-state index contributed by atoms with van der Waals surface area (Å²) in [7, 11) is 0. The summed E-state index contributed by atoms with van der Waals surface area (Å²) in [5, 5.41) is 3.48. The van der Waals surface area contributed by atoms with Gasteiger partial charge in [-0.15, -0.1) is 0 Å². The highest BCUT2D eigenvalue weighted by molar-refractivity contribution is 5.41. The number of morpholine rings is 1. The zero-order chi connectivity index (χ0) is 14.9.